The molecule has 1 atom stereocenters. The van der Waals surface area contributed by atoms with Gasteiger partial charge in [-0.2, -0.15) is 22.8 Å². The Morgan fingerprint density at radius 2 is 1.90 bits per heavy atom. The van der Waals surface area contributed by atoms with Crippen LogP contribution in [0.1, 0.15) is 18.7 Å². The molecule has 0 aromatic carbocycles. The topological polar surface area (TPSA) is 99.0 Å². The molecule has 4 aromatic heterocycles. The fourth-order valence-corrected chi connectivity index (χ4v) is 3.74. The summed E-state index contributed by atoms with van der Waals surface area (Å²) in [5.74, 6) is -0.273. The Labute approximate surface area is 172 Å². The molecule has 0 aliphatic carbocycles. The van der Waals surface area contributed by atoms with E-state index in [1.54, 1.807) is 35.4 Å². The average Bonchev–Trinajstić information content (AvgIpc) is 3.49. The maximum atomic E-state index is 13.2. The number of aromatic nitrogens is 8. The lowest BCUT2D eigenvalue weighted by atomic mass is 10.2. The number of hydrogen-bond donors (Lipinski definition) is 0. The van der Waals surface area contributed by atoms with E-state index in [2.05, 4.69) is 25.4 Å². The van der Waals surface area contributed by atoms with E-state index in [9.17, 15) is 18.0 Å². The Bertz CT molecular complexity index is 1280. The number of halogens is 3. The minimum atomic E-state index is -4.67. The fourth-order valence-electron chi connectivity index (χ4n) is 3.74. The van der Waals surface area contributed by atoms with E-state index in [1.165, 1.54) is 16.8 Å². The number of anilines is 1. The molecule has 4 aromatic rings. The van der Waals surface area contributed by atoms with Gasteiger partial charge in [-0.15, -0.1) is 15.3 Å². The Kier molecular flexibility index (Phi) is 4.45. The fraction of sp³-hybridized carbons (Fsp3) is 0.333. The van der Waals surface area contributed by atoms with Crippen LogP contribution >= 0.6 is 0 Å². The van der Waals surface area contributed by atoms with Gasteiger partial charge in [0.1, 0.15) is 12.1 Å². The molecule has 0 bridgehead atoms. The first-order valence-electron chi connectivity index (χ1n) is 9.53. The lowest BCUT2D eigenvalue weighted by Crippen LogP contribution is -2.38. The van der Waals surface area contributed by atoms with Gasteiger partial charge in [0.15, 0.2) is 11.5 Å². The third kappa shape index (κ3) is 3.51. The summed E-state index contributed by atoms with van der Waals surface area (Å²) in [6, 6.07) is 5.94. The Morgan fingerprint density at radius 1 is 1.06 bits per heavy atom. The van der Waals surface area contributed by atoms with Gasteiger partial charge < -0.3 is 4.90 Å². The highest BCUT2D eigenvalue weighted by molar-refractivity contribution is 5.47. The highest BCUT2D eigenvalue weighted by Crippen LogP contribution is 2.29. The standard InChI is InChI=1S/C18H16F3N9O/c19-18(20,21)17-24-23-13-3-4-15(26-30(13)17)28-8-1-2-12(28)10-29-16(31)6-5-14(25-29)27-9-7-22-11-27/h3-7,9,11-12H,1-2,8,10H2. The molecule has 13 heteroatoms. The van der Waals surface area contributed by atoms with Crippen molar-refractivity contribution in [2.24, 2.45) is 0 Å². The SMILES string of the molecule is O=c1ccc(-n2ccnc2)nn1CC1CCCN1c1ccc2nnc(C(F)(F)F)n2n1. The molecule has 31 heavy (non-hydrogen) atoms. The van der Waals surface area contributed by atoms with Crippen LogP contribution in [-0.2, 0) is 12.7 Å². The second-order valence-electron chi connectivity index (χ2n) is 7.15. The van der Waals surface area contributed by atoms with Gasteiger partial charge in [0.05, 0.1) is 12.6 Å². The van der Waals surface area contributed by atoms with Crippen LogP contribution in [0.3, 0.4) is 0 Å². The molecule has 10 nitrogen and oxygen atoms in total. The quantitative estimate of drug-likeness (QED) is 0.484. The molecule has 160 valence electrons. The summed E-state index contributed by atoms with van der Waals surface area (Å²) in [4.78, 5) is 18.2. The molecule has 1 fully saturated rings. The van der Waals surface area contributed by atoms with Crippen molar-refractivity contribution in [3.05, 3.63) is 59.2 Å². The van der Waals surface area contributed by atoms with E-state index in [0.29, 0.717) is 22.7 Å². The van der Waals surface area contributed by atoms with E-state index in [1.807, 2.05) is 4.90 Å². The Morgan fingerprint density at radius 3 is 2.68 bits per heavy atom. The van der Waals surface area contributed by atoms with Gasteiger partial charge in [-0.05, 0) is 31.0 Å². The summed E-state index contributed by atoms with van der Waals surface area (Å²) in [7, 11) is 0. The average molecular weight is 431 g/mol. The number of imidazole rings is 1. The van der Waals surface area contributed by atoms with Crippen LogP contribution in [0, 0.1) is 0 Å². The minimum absolute atomic E-state index is 0.0118. The van der Waals surface area contributed by atoms with Crippen molar-refractivity contribution in [3.63, 3.8) is 0 Å². The van der Waals surface area contributed by atoms with Gasteiger partial charge in [-0.3, -0.25) is 9.36 Å². The first-order chi connectivity index (χ1) is 14.9. The lowest BCUT2D eigenvalue weighted by molar-refractivity contribution is -0.146. The first kappa shape index (κ1) is 19.2. The molecule has 1 aliphatic rings. The lowest BCUT2D eigenvalue weighted by Gasteiger charge is -2.26. The molecular formula is C18H16F3N9O. The summed E-state index contributed by atoms with van der Waals surface area (Å²) < 4.78 is 43.3. The zero-order chi connectivity index (χ0) is 21.6. The minimum Gasteiger partial charge on any atom is -0.350 e. The van der Waals surface area contributed by atoms with Gasteiger partial charge in [-0.25, -0.2) is 9.67 Å². The molecule has 0 N–H and O–H groups in total. The summed E-state index contributed by atoms with van der Waals surface area (Å²) in [5, 5.41) is 15.3. The molecule has 0 amide bonds. The monoisotopic (exact) mass is 431 g/mol. The Balaban J connectivity index is 1.46. The maximum absolute atomic E-state index is 13.2. The van der Waals surface area contributed by atoms with Crippen LogP contribution in [0.15, 0.2) is 47.8 Å². The second kappa shape index (κ2) is 7.18. The smallest absolute Gasteiger partial charge is 0.350 e. The van der Waals surface area contributed by atoms with Crippen molar-refractivity contribution < 1.29 is 13.2 Å². The summed E-state index contributed by atoms with van der Waals surface area (Å²) in [5.41, 5.74) is -0.255. The highest BCUT2D eigenvalue weighted by atomic mass is 19.4. The normalized spacial score (nSPS) is 17.0. The zero-order valence-electron chi connectivity index (χ0n) is 16.0. The van der Waals surface area contributed by atoms with Crippen LogP contribution in [0.2, 0.25) is 0 Å². The van der Waals surface area contributed by atoms with Gasteiger partial charge >= 0.3 is 6.18 Å². The molecule has 0 saturated carbocycles. The number of hydrogen-bond acceptors (Lipinski definition) is 7. The van der Waals surface area contributed by atoms with Gasteiger partial charge in [0.2, 0.25) is 0 Å². The molecule has 1 aliphatic heterocycles. The van der Waals surface area contributed by atoms with E-state index in [0.717, 1.165) is 12.8 Å². The molecule has 0 spiro atoms. The summed E-state index contributed by atoms with van der Waals surface area (Å²) >= 11 is 0. The van der Waals surface area contributed by atoms with E-state index in [4.69, 9.17) is 0 Å². The van der Waals surface area contributed by atoms with Crippen molar-refractivity contribution in [3.8, 4) is 5.82 Å². The van der Waals surface area contributed by atoms with Crippen LogP contribution in [0.5, 0.6) is 0 Å². The molecule has 1 unspecified atom stereocenters. The van der Waals surface area contributed by atoms with Crippen molar-refractivity contribution in [1.82, 2.24) is 39.1 Å². The Hall–Kier alpha value is -3.77. The number of alkyl halides is 3. The molecule has 0 radical (unpaired) electrons. The molecular weight excluding hydrogens is 415 g/mol. The molecule has 1 saturated heterocycles. The van der Waals surface area contributed by atoms with Crippen molar-refractivity contribution in [1.29, 1.82) is 0 Å². The van der Waals surface area contributed by atoms with Crippen molar-refractivity contribution >= 4 is 11.5 Å². The second-order valence-corrected chi connectivity index (χ2v) is 7.15. The number of fused-ring (bicyclic) bond motifs is 1. The van der Waals surface area contributed by atoms with Gasteiger partial charge in [0, 0.05) is 25.0 Å². The summed E-state index contributed by atoms with van der Waals surface area (Å²) in [6.07, 6.45) is 1.80. The van der Waals surface area contributed by atoms with E-state index >= 15 is 0 Å². The van der Waals surface area contributed by atoms with Crippen LogP contribution in [0.4, 0.5) is 19.0 Å². The van der Waals surface area contributed by atoms with Gasteiger partial charge in [-0.1, -0.05) is 0 Å². The third-order valence-electron chi connectivity index (χ3n) is 5.18. The van der Waals surface area contributed by atoms with E-state index in [-0.39, 0.29) is 23.8 Å². The maximum Gasteiger partial charge on any atom is 0.453 e. The van der Waals surface area contributed by atoms with Crippen LogP contribution < -0.4 is 10.5 Å². The molecule has 5 rings (SSSR count). The van der Waals surface area contributed by atoms with Crippen molar-refractivity contribution in [2.45, 2.75) is 31.6 Å². The highest BCUT2D eigenvalue weighted by Gasteiger charge is 2.38. The van der Waals surface area contributed by atoms with Crippen LogP contribution in [0.25, 0.3) is 11.5 Å². The summed E-state index contributed by atoms with van der Waals surface area (Å²) in [6.45, 7) is 0.873. The predicted octanol–water partition coefficient (Wildman–Crippen LogP) is 1.55. The van der Waals surface area contributed by atoms with Gasteiger partial charge in [0.25, 0.3) is 11.4 Å². The molecule has 5 heterocycles. The van der Waals surface area contributed by atoms with Crippen LogP contribution in [-0.4, -0.2) is 51.7 Å². The largest absolute Gasteiger partial charge is 0.453 e. The van der Waals surface area contributed by atoms with E-state index < -0.39 is 12.0 Å². The third-order valence-corrected chi connectivity index (χ3v) is 5.18. The van der Waals surface area contributed by atoms with Crippen molar-refractivity contribution in [2.75, 3.05) is 11.4 Å². The first-order valence-corrected chi connectivity index (χ1v) is 9.53. The number of rotatable bonds is 4. The zero-order valence-corrected chi connectivity index (χ0v) is 16.0. The predicted molar refractivity (Wildman–Crippen MR) is 102 cm³/mol. The number of nitrogens with zero attached hydrogens (tertiary/aromatic N) is 9.